The van der Waals surface area contributed by atoms with Crippen molar-refractivity contribution in [1.82, 2.24) is 15.3 Å². The molecule has 0 bridgehead atoms. The molecule has 106 valence electrons. The van der Waals surface area contributed by atoms with Crippen molar-refractivity contribution < 1.29 is 0 Å². The fraction of sp³-hybridized carbons (Fsp3) is 0.714. The lowest BCUT2D eigenvalue weighted by Crippen LogP contribution is -2.37. The first kappa shape index (κ1) is 14.1. The Morgan fingerprint density at radius 1 is 1.32 bits per heavy atom. The molecule has 1 aromatic rings. The smallest absolute Gasteiger partial charge is 0.134 e. The van der Waals surface area contributed by atoms with Gasteiger partial charge in [0.25, 0.3) is 0 Å². The van der Waals surface area contributed by atoms with Crippen molar-refractivity contribution >= 4 is 11.6 Å². The van der Waals surface area contributed by atoms with Gasteiger partial charge in [-0.2, -0.15) is 0 Å². The highest BCUT2D eigenvalue weighted by atomic mass is 15.2. The Labute approximate surface area is 115 Å². The van der Waals surface area contributed by atoms with Crippen LogP contribution in [0.1, 0.15) is 25.6 Å². The molecule has 2 N–H and O–H groups in total. The van der Waals surface area contributed by atoms with Crippen molar-refractivity contribution in [3.8, 4) is 0 Å². The molecule has 2 rings (SSSR count). The van der Waals surface area contributed by atoms with E-state index in [4.69, 9.17) is 0 Å². The number of aryl methyl sites for hydroxylation is 1. The first-order valence-corrected chi connectivity index (χ1v) is 7.22. The number of aromatic nitrogens is 2. The van der Waals surface area contributed by atoms with Crippen LogP contribution in [0.2, 0.25) is 0 Å². The zero-order valence-corrected chi connectivity index (χ0v) is 12.2. The first-order chi connectivity index (χ1) is 9.22. The second-order valence-electron chi connectivity index (χ2n) is 5.18. The molecule has 1 aliphatic rings. The number of nitrogens with one attached hydrogen (secondary N) is 2. The zero-order chi connectivity index (χ0) is 13.7. The van der Waals surface area contributed by atoms with Crippen molar-refractivity contribution in [1.29, 1.82) is 0 Å². The molecule has 2 heterocycles. The summed E-state index contributed by atoms with van der Waals surface area (Å²) in [4.78, 5) is 11.4. The highest BCUT2D eigenvalue weighted by molar-refractivity contribution is 5.49. The molecule has 0 radical (unpaired) electrons. The molecule has 19 heavy (non-hydrogen) atoms. The Kier molecular flexibility index (Phi) is 4.96. The van der Waals surface area contributed by atoms with E-state index in [9.17, 15) is 0 Å². The summed E-state index contributed by atoms with van der Waals surface area (Å²) in [6.07, 6.45) is 2.47. The van der Waals surface area contributed by atoms with Gasteiger partial charge >= 0.3 is 0 Å². The van der Waals surface area contributed by atoms with Crippen molar-refractivity contribution in [2.24, 2.45) is 5.92 Å². The van der Waals surface area contributed by atoms with Gasteiger partial charge in [0.15, 0.2) is 0 Å². The van der Waals surface area contributed by atoms with Crippen LogP contribution in [-0.2, 0) is 0 Å². The van der Waals surface area contributed by atoms with Crippen LogP contribution < -0.4 is 15.5 Å². The largest absolute Gasteiger partial charge is 0.370 e. The summed E-state index contributed by atoms with van der Waals surface area (Å²) in [5.41, 5.74) is 0. The Morgan fingerprint density at radius 3 is 2.68 bits per heavy atom. The summed E-state index contributed by atoms with van der Waals surface area (Å²) in [5, 5.41) is 6.54. The first-order valence-electron chi connectivity index (χ1n) is 7.22. The molecule has 1 aromatic heterocycles. The van der Waals surface area contributed by atoms with Gasteiger partial charge in [-0.3, -0.25) is 0 Å². The second kappa shape index (κ2) is 6.70. The van der Waals surface area contributed by atoms with Gasteiger partial charge in [-0.25, -0.2) is 9.97 Å². The quantitative estimate of drug-likeness (QED) is 0.846. The average Bonchev–Trinajstić information content (AvgIpc) is 2.40. The highest BCUT2D eigenvalue weighted by Crippen LogP contribution is 2.23. The number of piperidine rings is 1. The lowest BCUT2D eigenvalue weighted by molar-refractivity contribution is 0.392. The maximum Gasteiger partial charge on any atom is 0.134 e. The van der Waals surface area contributed by atoms with E-state index in [-0.39, 0.29) is 0 Å². The van der Waals surface area contributed by atoms with Crippen molar-refractivity contribution in [3.05, 3.63) is 11.9 Å². The van der Waals surface area contributed by atoms with Gasteiger partial charge in [0, 0.05) is 25.7 Å². The van der Waals surface area contributed by atoms with E-state index in [0.717, 1.165) is 49.6 Å². The van der Waals surface area contributed by atoms with Crippen LogP contribution >= 0.6 is 0 Å². The summed E-state index contributed by atoms with van der Waals surface area (Å²) in [6, 6.07) is 2.06. The third kappa shape index (κ3) is 3.80. The van der Waals surface area contributed by atoms with Crippen LogP contribution in [-0.4, -0.2) is 43.2 Å². The maximum atomic E-state index is 4.57. The Bertz CT molecular complexity index is 399. The van der Waals surface area contributed by atoms with E-state index in [1.807, 2.05) is 14.0 Å². The number of hydrogen-bond donors (Lipinski definition) is 2. The maximum absolute atomic E-state index is 4.57. The highest BCUT2D eigenvalue weighted by Gasteiger charge is 2.20. The monoisotopic (exact) mass is 263 g/mol. The van der Waals surface area contributed by atoms with E-state index in [1.54, 1.807) is 0 Å². The molecule has 0 aliphatic carbocycles. The molecule has 1 aliphatic heterocycles. The zero-order valence-electron chi connectivity index (χ0n) is 12.2. The molecule has 0 atom stereocenters. The van der Waals surface area contributed by atoms with Crippen LogP contribution in [0.5, 0.6) is 0 Å². The van der Waals surface area contributed by atoms with Gasteiger partial charge in [0.2, 0.25) is 0 Å². The summed E-state index contributed by atoms with van der Waals surface area (Å²) in [7, 11) is 2.03. The van der Waals surface area contributed by atoms with Crippen molar-refractivity contribution in [3.63, 3.8) is 0 Å². The number of nitrogens with zero attached hydrogens (tertiary/aromatic N) is 3. The Morgan fingerprint density at radius 2 is 2.05 bits per heavy atom. The molecule has 1 saturated heterocycles. The average molecular weight is 263 g/mol. The Balaban J connectivity index is 2.02. The normalized spacial score (nSPS) is 16.7. The molecule has 5 nitrogen and oxygen atoms in total. The van der Waals surface area contributed by atoms with E-state index < -0.39 is 0 Å². The minimum Gasteiger partial charge on any atom is -0.370 e. The molecule has 0 saturated carbocycles. The summed E-state index contributed by atoms with van der Waals surface area (Å²) >= 11 is 0. The summed E-state index contributed by atoms with van der Waals surface area (Å²) < 4.78 is 0. The van der Waals surface area contributed by atoms with Crippen LogP contribution in [0.15, 0.2) is 6.07 Å². The van der Waals surface area contributed by atoms with Crippen LogP contribution in [0, 0.1) is 12.8 Å². The van der Waals surface area contributed by atoms with E-state index in [0.29, 0.717) is 0 Å². The standard InChI is InChI=1S/C14H25N5/c1-4-16-13-9-14(18-11(2)17-13)19-7-5-12(6-8-19)10-15-3/h9,12,15H,4-8,10H2,1-3H3,(H,16,17,18). The van der Waals surface area contributed by atoms with Gasteiger partial charge in [0.05, 0.1) is 0 Å². The fourth-order valence-electron chi connectivity index (χ4n) is 2.64. The Hall–Kier alpha value is -1.36. The molecule has 0 amide bonds. The minimum absolute atomic E-state index is 0.803. The molecule has 0 spiro atoms. The molecule has 1 fully saturated rings. The van der Waals surface area contributed by atoms with Gasteiger partial charge in [0.1, 0.15) is 17.5 Å². The topological polar surface area (TPSA) is 53.1 Å². The van der Waals surface area contributed by atoms with Gasteiger partial charge in [-0.1, -0.05) is 0 Å². The summed E-state index contributed by atoms with van der Waals surface area (Å²) in [5.74, 6) is 3.64. The fourth-order valence-corrected chi connectivity index (χ4v) is 2.64. The van der Waals surface area contributed by atoms with E-state index in [1.165, 1.54) is 12.8 Å². The summed E-state index contributed by atoms with van der Waals surface area (Å²) in [6.45, 7) is 8.24. The molecule has 0 unspecified atom stereocenters. The van der Waals surface area contributed by atoms with E-state index >= 15 is 0 Å². The molecule has 5 heteroatoms. The van der Waals surface area contributed by atoms with Gasteiger partial charge < -0.3 is 15.5 Å². The van der Waals surface area contributed by atoms with Gasteiger partial charge in [-0.15, -0.1) is 0 Å². The number of hydrogen-bond acceptors (Lipinski definition) is 5. The number of rotatable bonds is 5. The molecular formula is C14H25N5. The second-order valence-corrected chi connectivity index (χ2v) is 5.18. The SMILES string of the molecule is CCNc1cc(N2CCC(CNC)CC2)nc(C)n1. The van der Waals surface area contributed by atoms with Gasteiger partial charge in [-0.05, 0) is 46.2 Å². The third-order valence-corrected chi connectivity index (χ3v) is 3.61. The van der Waals surface area contributed by atoms with E-state index in [2.05, 4.69) is 38.5 Å². The predicted molar refractivity (Wildman–Crippen MR) is 79.8 cm³/mol. The van der Waals surface area contributed by atoms with Crippen molar-refractivity contribution in [2.75, 3.05) is 43.4 Å². The number of anilines is 2. The van der Waals surface area contributed by atoms with Crippen LogP contribution in [0.3, 0.4) is 0 Å². The third-order valence-electron chi connectivity index (χ3n) is 3.61. The minimum atomic E-state index is 0.803. The van der Waals surface area contributed by atoms with Crippen molar-refractivity contribution in [2.45, 2.75) is 26.7 Å². The lowest BCUT2D eigenvalue weighted by Gasteiger charge is -2.33. The van der Waals surface area contributed by atoms with Crippen LogP contribution in [0.25, 0.3) is 0 Å². The molecular weight excluding hydrogens is 238 g/mol. The predicted octanol–water partition coefficient (Wildman–Crippen LogP) is 1.65. The molecule has 0 aromatic carbocycles. The van der Waals surface area contributed by atoms with Crippen LogP contribution in [0.4, 0.5) is 11.6 Å². The lowest BCUT2D eigenvalue weighted by atomic mass is 9.97.